The van der Waals surface area contributed by atoms with Crippen LogP contribution >= 0.6 is 0 Å². The molecule has 1 saturated heterocycles. The molecular weight excluding hydrogens is 822 g/mol. The lowest BCUT2D eigenvalue weighted by molar-refractivity contribution is -0.302. The lowest BCUT2D eigenvalue weighted by atomic mass is 9.39. The maximum atomic E-state index is 15.1. The highest BCUT2D eigenvalue weighted by Gasteiger charge is 2.74. The largest absolute Gasteiger partial charge is 0.460 e. The van der Waals surface area contributed by atoms with E-state index in [0.717, 1.165) is 0 Å². The second-order valence-corrected chi connectivity index (χ2v) is 18.7. The van der Waals surface area contributed by atoms with Crippen LogP contribution in [0.2, 0.25) is 0 Å². The molecule has 63 heavy (non-hydrogen) atoms. The second-order valence-electron chi connectivity index (χ2n) is 18.7. The Morgan fingerprint density at radius 1 is 0.921 bits per heavy atom. The van der Waals surface area contributed by atoms with Crippen molar-refractivity contribution in [3.05, 3.63) is 82.9 Å². The van der Waals surface area contributed by atoms with E-state index in [1.54, 1.807) is 88.4 Å². The summed E-state index contributed by atoms with van der Waals surface area (Å²) in [5.41, 5.74) is -5.69. The Morgan fingerprint density at radius 2 is 1.56 bits per heavy atom. The molecule has 1 amide bonds. The van der Waals surface area contributed by atoms with E-state index >= 15 is 4.79 Å². The average molecular weight is 882 g/mol. The molecule has 9 N–H and O–H groups in total. The predicted molar refractivity (Wildman–Crippen MR) is 219 cm³/mol. The van der Waals surface area contributed by atoms with Crippen LogP contribution in [0.3, 0.4) is 0 Å². The Bertz CT molecular complexity index is 2080. The fourth-order valence-electron chi connectivity index (χ4n) is 11.5. The van der Waals surface area contributed by atoms with E-state index in [-0.39, 0.29) is 36.0 Å². The van der Waals surface area contributed by atoms with Crippen LogP contribution in [0.5, 0.6) is 0 Å². The van der Waals surface area contributed by atoms with Gasteiger partial charge < -0.3 is 65.1 Å². The van der Waals surface area contributed by atoms with E-state index in [2.05, 4.69) is 5.32 Å². The highest BCUT2D eigenvalue weighted by molar-refractivity contribution is 5.95. The van der Waals surface area contributed by atoms with Gasteiger partial charge in [0, 0.05) is 23.3 Å². The van der Waals surface area contributed by atoms with Gasteiger partial charge in [0.05, 0.1) is 29.3 Å². The summed E-state index contributed by atoms with van der Waals surface area (Å²) in [6.45, 7) is 6.47. The third-order valence-electron chi connectivity index (χ3n) is 15.2. The van der Waals surface area contributed by atoms with E-state index in [1.165, 1.54) is 6.92 Å². The summed E-state index contributed by atoms with van der Waals surface area (Å²) in [7, 11) is 0. The first-order valence-corrected chi connectivity index (χ1v) is 21.4. The molecule has 1 heterocycles. The minimum atomic E-state index is -1.97. The molecule has 3 saturated carbocycles. The van der Waals surface area contributed by atoms with Crippen molar-refractivity contribution in [3.8, 4) is 0 Å². The zero-order chi connectivity index (χ0) is 46.0. The first kappa shape index (κ1) is 46.8. The first-order valence-electron chi connectivity index (χ1n) is 21.4. The number of amides is 1. The third-order valence-corrected chi connectivity index (χ3v) is 15.2. The maximum Gasteiger partial charge on any atom is 0.338 e. The molecule has 13 unspecified atom stereocenters. The molecule has 0 radical (unpaired) electrons. The molecule has 4 aliphatic carbocycles. The predicted octanol–water partition coefficient (Wildman–Crippen LogP) is 0.383. The summed E-state index contributed by atoms with van der Waals surface area (Å²) in [5.74, 6) is -6.16. The first-order chi connectivity index (χ1) is 29.6. The fourth-order valence-corrected chi connectivity index (χ4v) is 11.5. The number of aliphatic hydroxyl groups is 8. The Morgan fingerprint density at radius 3 is 2.16 bits per heavy atom. The number of ether oxygens (including phenoxy) is 4. The zero-order valence-corrected chi connectivity index (χ0v) is 35.9. The molecule has 7 rings (SSSR count). The molecule has 2 bridgehead atoms. The van der Waals surface area contributed by atoms with Crippen LogP contribution in [0.15, 0.2) is 71.8 Å². The van der Waals surface area contributed by atoms with Gasteiger partial charge in [0.1, 0.15) is 49.3 Å². The van der Waals surface area contributed by atoms with Crippen molar-refractivity contribution < 1.29 is 79.0 Å². The van der Waals surface area contributed by atoms with Crippen molar-refractivity contribution >= 4 is 23.6 Å². The lowest BCUT2D eigenvalue weighted by Crippen LogP contribution is -2.75. The minimum Gasteiger partial charge on any atom is -0.460 e. The maximum absolute atomic E-state index is 15.1. The van der Waals surface area contributed by atoms with E-state index in [4.69, 9.17) is 18.9 Å². The van der Waals surface area contributed by atoms with Crippen LogP contribution < -0.4 is 5.32 Å². The zero-order valence-electron chi connectivity index (χ0n) is 35.9. The number of esters is 2. The minimum absolute atomic E-state index is 0.0157. The summed E-state index contributed by atoms with van der Waals surface area (Å²) >= 11 is 0. The lowest BCUT2D eigenvalue weighted by Gasteiger charge is -2.68. The van der Waals surface area contributed by atoms with Crippen molar-refractivity contribution in [2.24, 2.45) is 28.6 Å². The number of fused-ring (bicyclic) bond motifs is 5. The molecule has 17 heteroatoms. The van der Waals surface area contributed by atoms with Gasteiger partial charge in [-0.2, -0.15) is 0 Å². The Kier molecular flexibility index (Phi) is 12.9. The van der Waals surface area contributed by atoms with Crippen molar-refractivity contribution in [1.29, 1.82) is 0 Å². The monoisotopic (exact) mass is 881 g/mol. The van der Waals surface area contributed by atoms with Gasteiger partial charge in [-0.25, -0.2) is 9.59 Å². The summed E-state index contributed by atoms with van der Waals surface area (Å²) in [6, 6.07) is 15.3. The van der Waals surface area contributed by atoms with Gasteiger partial charge in [-0.05, 0) is 73.8 Å². The standard InChI is InChI=1S/C46H59NO16/c1-22-27(61-41(57)35(52)32(24-12-8-6-9-13-24)47-40(56)25-14-10-7-11-15-25)19-46(59)23(2)38-44(5,39(55)34(51)31(22)43(46,3)4)29(18-26-16-17-45(26,38)58)63-30(49)21-60-42-37(54)36(53)33(50)28(20-48)62-42/h6-15,23,26-29,32-38,42,48,50-54,58-59H,16-21H2,1-5H3,(H,47,56)/t23?,26-,27?,28?,29?,32?,33?,34?,35?,36?,37?,38?,42?,44-,45+,46?/m1/s1. The van der Waals surface area contributed by atoms with Gasteiger partial charge in [-0.15, -0.1) is 0 Å². The van der Waals surface area contributed by atoms with Crippen LogP contribution in [0.25, 0.3) is 0 Å². The number of hydrogen-bond donors (Lipinski definition) is 9. The second kappa shape index (κ2) is 17.3. The molecule has 4 fully saturated rings. The highest BCUT2D eigenvalue weighted by atomic mass is 16.7. The molecule has 0 spiro atoms. The van der Waals surface area contributed by atoms with Gasteiger partial charge >= 0.3 is 11.9 Å². The third kappa shape index (κ3) is 7.73. The average Bonchev–Trinajstić information content (AvgIpc) is 3.26. The topological polar surface area (TPSA) is 279 Å². The summed E-state index contributed by atoms with van der Waals surface area (Å²) in [4.78, 5) is 56.0. The number of benzene rings is 2. The van der Waals surface area contributed by atoms with Crippen molar-refractivity contribution in [2.75, 3.05) is 13.2 Å². The molecule has 344 valence electrons. The quantitative estimate of drug-likeness (QED) is 0.109. The number of rotatable bonds is 11. The molecule has 1 aliphatic heterocycles. The number of ketones is 1. The normalized spacial score (nSPS) is 39.3. The van der Waals surface area contributed by atoms with E-state index in [0.29, 0.717) is 12.0 Å². The molecule has 17 nitrogen and oxygen atoms in total. The fraction of sp³-hybridized carbons (Fsp3) is 0.609. The van der Waals surface area contributed by atoms with Crippen LogP contribution in [0.4, 0.5) is 0 Å². The Hall–Kier alpha value is -4.14. The Balaban J connectivity index is 1.18. The molecule has 2 aromatic rings. The highest BCUT2D eigenvalue weighted by Crippen LogP contribution is 2.67. The molecule has 5 aliphatic rings. The number of carbonyl (C=O) groups is 4. The smallest absolute Gasteiger partial charge is 0.338 e. The van der Waals surface area contributed by atoms with Gasteiger partial charge in [0.15, 0.2) is 18.2 Å². The van der Waals surface area contributed by atoms with Gasteiger partial charge in [0.25, 0.3) is 5.91 Å². The summed E-state index contributed by atoms with van der Waals surface area (Å²) in [6.07, 6.45) is -14.2. The van der Waals surface area contributed by atoms with Crippen LogP contribution in [-0.2, 0) is 33.3 Å². The van der Waals surface area contributed by atoms with E-state index in [9.17, 15) is 55.2 Å². The molecule has 2 aromatic carbocycles. The number of aliphatic hydroxyl groups excluding tert-OH is 6. The molecule has 0 aromatic heterocycles. The number of Topliss-reactive ketones (excluding diaryl/α,β-unsaturated/α-hetero) is 1. The van der Waals surface area contributed by atoms with E-state index in [1.807, 2.05) is 0 Å². The number of nitrogens with one attached hydrogen (secondary N) is 1. The van der Waals surface area contributed by atoms with Gasteiger partial charge in [0.2, 0.25) is 0 Å². The SMILES string of the molecule is CC1=C2C(O)C(=O)[C@]3(C)C(OC(=O)COC4OC(CO)C(O)C(O)C4O)C[C@H]4CC[C@@]4(O)C3C(C)C(O)(CC1OC(=O)C(O)C(NC(=O)c1ccccc1)c1ccccc1)C2(C)C. The van der Waals surface area contributed by atoms with Gasteiger partial charge in [-0.3, -0.25) is 9.59 Å². The van der Waals surface area contributed by atoms with Gasteiger partial charge in [-0.1, -0.05) is 69.3 Å². The van der Waals surface area contributed by atoms with Crippen LogP contribution in [-0.4, -0.2) is 144 Å². The van der Waals surface area contributed by atoms with Crippen molar-refractivity contribution in [3.63, 3.8) is 0 Å². The molecule has 16 atom stereocenters. The summed E-state index contributed by atoms with van der Waals surface area (Å²) < 4.78 is 22.8. The van der Waals surface area contributed by atoms with Crippen molar-refractivity contribution in [1.82, 2.24) is 5.32 Å². The molecular formula is C46H59NO16. The van der Waals surface area contributed by atoms with E-state index < -0.39 is 138 Å². The Labute approximate surface area is 364 Å². The number of carbonyl (C=O) groups excluding carboxylic acids is 4. The number of hydrogen-bond acceptors (Lipinski definition) is 16. The van der Waals surface area contributed by atoms with Crippen LogP contribution in [0.1, 0.15) is 82.3 Å². The van der Waals surface area contributed by atoms with Crippen molar-refractivity contribution in [2.45, 2.75) is 133 Å². The van der Waals surface area contributed by atoms with Crippen LogP contribution in [0, 0.1) is 28.6 Å². The summed E-state index contributed by atoms with van der Waals surface area (Å²) in [5, 5.41) is 92.6.